The van der Waals surface area contributed by atoms with Crippen LogP contribution in [0.15, 0.2) is 46.9 Å². The molecule has 3 rings (SSSR count). The summed E-state index contributed by atoms with van der Waals surface area (Å²) in [4.78, 5) is 17.0. The number of ether oxygens (including phenoxy) is 1. The Balaban J connectivity index is 1.76. The van der Waals surface area contributed by atoms with Crippen molar-refractivity contribution >= 4 is 60.1 Å². The van der Waals surface area contributed by atoms with Gasteiger partial charge >= 0.3 is 0 Å². The molecule has 1 heterocycles. The van der Waals surface area contributed by atoms with Crippen molar-refractivity contribution in [1.82, 2.24) is 4.98 Å². The van der Waals surface area contributed by atoms with E-state index in [0.29, 0.717) is 15.9 Å². The first-order chi connectivity index (χ1) is 11.3. The lowest BCUT2D eigenvalue weighted by atomic mass is 10.1. The Hall–Kier alpha value is -1.63. The number of anilines is 1. The fourth-order valence-corrected chi connectivity index (χ4v) is 3.66. The van der Waals surface area contributed by atoms with E-state index in [0.717, 1.165) is 14.7 Å². The quantitative estimate of drug-likeness (QED) is 0.600. The van der Waals surface area contributed by atoms with Gasteiger partial charge in [0.2, 0.25) is 0 Å². The first-order valence-corrected chi connectivity index (χ1v) is 9.15. The van der Waals surface area contributed by atoms with Crippen LogP contribution in [0.5, 0.6) is 5.75 Å². The molecule has 0 aliphatic rings. The lowest BCUT2D eigenvalue weighted by Crippen LogP contribution is -2.42. The second kappa shape index (κ2) is 6.70. The zero-order valence-electron chi connectivity index (χ0n) is 13.0. The van der Waals surface area contributed by atoms with Crippen molar-refractivity contribution in [2.45, 2.75) is 19.4 Å². The zero-order chi connectivity index (χ0) is 17.3. The molecule has 0 aliphatic carbocycles. The van der Waals surface area contributed by atoms with Crippen LogP contribution in [0.1, 0.15) is 13.8 Å². The summed E-state index contributed by atoms with van der Waals surface area (Å²) in [6.45, 7) is 3.42. The molecular formula is C17H14BrClN2O2S. The number of thiazole rings is 1. The Kier molecular flexibility index (Phi) is 4.80. The molecule has 3 aromatic rings. The Morgan fingerprint density at radius 2 is 1.96 bits per heavy atom. The van der Waals surface area contributed by atoms with E-state index in [2.05, 4.69) is 26.2 Å². The van der Waals surface area contributed by atoms with E-state index in [9.17, 15) is 4.79 Å². The topological polar surface area (TPSA) is 51.2 Å². The first-order valence-electron chi connectivity index (χ1n) is 7.16. The minimum Gasteiger partial charge on any atom is -0.478 e. The highest BCUT2D eigenvalue weighted by Crippen LogP contribution is 2.31. The van der Waals surface area contributed by atoms with Crippen molar-refractivity contribution in [2.24, 2.45) is 0 Å². The number of halogens is 2. The zero-order valence-corrected chi connectivity index (χ0v) is 16.1. The molecule has 7 heteroatoms. The normalized spacial score (nSPS) is 11.5. The van der Waals surface area contributed by atoms with E-state index in [1.807, 2.05) is 18.2 Å². The van der Waals surface area contributed by atoms with E-state index in [1.54, 1.807) is 38.1 Å². The third-order valence-corrected chi connectivity index (χ3v) is 5.15. The van der Waals surface area contributed by atoms with Crippen molar-refractivity contribution in [3.63, 3.8) is 0 Å². The van der Waals surface area contributed by atoms with Gasteiger partial charge in [-0.1, -0.05) is 29.0 Å². The molecular weight excluding hydrogens is 412 g/mol. The predicted molar refractivity (Wildman–Crippen MR) is 102 cm³/mol. The SMILES string of the molecule is CC(C)(Oc1ccc(Cl)cc1)C(=O)Nc1nc2c(Br)cccc2s1. The number of fused-ring (bicyclic) bond motifs is 1. The standard InChI is InChI=1S/C17H14BrClN2O2S/c1-17(2,23-11-8-6-10(19)7-9-11)15(22)21-16-20-14-12(18)4-3-5-13(14)24-16/h3-9H,1-2H3,(H,20,21,22). The number of nitrogens with one attached hydrogen (secondary N) is 1. The molecule has 2 aromatic carbocycles. The van der Waals surface area contributed by atoms with Crippen LogP contribution in [0, 0.1) is 0 Å². The van der Waals surface area contributed by atoms with Crippen molar-refractivity contribution < 1.29 is 9.53 Å². The molecule has 24 heavy (non-hydrogen) atoms. The molecule has 0 fully saturated rings. The highest BCUT2D eigenvalue weighted by atomic mass is 79.9. The average molecular weight is 426 g/mol. The molecule has 0 aliphatic heterocycles. The van der Waals surface area contributed by atoms with Crippen molar-refractivity contribution in [3.05, 3.63) is 52.0 Å². The first kappa shape index (κ1) is 17.2. The monoisotopic (exact) mass is 424 g/mol. The molecule has 4 nitrogen and oxygen atoms in total. The van der Waals surface area contributed by atoms with Crippen molar-refractivity contribution in [3.8, 4) is 5.75 Å². The fourth-order valence-electron chi connectivity index (χ4n) is 2.06. The van der Waals surface area contributed by atoms with E-state index in [1.165, 1.54) is 11.3 Å². The van der Waals surface area contributed by atoms with Crippen LogP contribution in [0.25, 0.3) is 10.2 Å². The number of rotatable bonds is 4. The van der Waals surface area contributed by atoms with Crippen LogP contribution in [-0.4, -0.2) is 16.5 Å². The van der Waals surface area contributed by atoms with E-state index >= 15 is 0 Å². The van der Waals surface area contributed by atoms with Gasteiger partial charge < -0.3 is 4.74 Å². The Bertz CT molecular complexity index is 893. The number of hydrogen-bond donors (Lipinski definition) is 1. The summed E-state index contributed by atoms with van der Waals surface area (Å²) in [6.07, 6.45) is 0. The maximum Gasteiger partial charge on any atom is 0.269 e. The van der Waals surface area contributed by atoms with Gasteiger partial charge in [0.1, 0.15) is 5.75 Å². The minimum atomic E-state index is -1.05. The van der Waals surface area contributed by atoms with Crippen LogP contribution in [0.3, 0.4) is 0 Å². The van der Waals surface area contributed by atoms with Gasteiger partial charge in [-0.25, -0.2) is 4.98 Å². The van der Waals surface area contributed by atoms with Gasteiger partial charge in [0.25, 0.3) is 5.91 Å². The Morgan fingerprint density at radius 3 is 2.62 bits per heavy atom. The fraction of sp³-hybridized carbons (Fsp3) is 0.176. The second-order valence-electron chi connectivity index (χ2n) is 5.63. The van der Waals surface area contributed by atoms with Crippen LogP contribution in [0.2, 0.25) is 5.02 Å². The summed E-state index contributed by atoms with van der Waals surface area (Å²) < 4.78 is 7.68. The highest BCUT2D eigenvalue weighted by molar-refractivity contribution is 9.10. The summed E-state index contributed by atoms with van der Waals surface area (Å²) >= 11 is 10.7. The van der Waals surface area contributed by atoms with Gasteiger partial charge in [-0.15, -0.1) is 0 Å². The van der Waals surface area contributed by atoms with Crippen molar-refractivity contribution in [2.75, 3.05) is 5.32 Å². The number of carbonyl (C=O) groups is 1. The van der Waals surface area contributed by atoms with Gasteiger partial charge in [0.05, 0.1) is 10.2 Å². The molecule has 0 radical (unpaired) electrons. The largest absolute Gasteiger partial charge is 0.478 e. The number of para-hydroxylation sites is 1. The molecule has 0 saturated heterocycles. The van der Waals surface area contributed by atoms with Crippen LogP contribution in [-0.2, 0) is 4.79 Å². The van der Waals surface area contributed by atoms with Crippen molar-refractivity contribution in [1.29, 1.82) is 0 Å². The number of nitrogens with zero attached hydrogens (tertiary/aromatic N) is 1. The smallest absolute Gasteiger partial charge is 0.269 e. The molecule has 0 bridgehead atoms. The summed E-state index contributed by atoms with van der Waals surface area (Å²) in [7, 11) is 0. The minimum absolute atomic E-state index is 0.271. The number of hydrogen-bond acceptors (Lipinski definition) is 4. The summed E-state index contributed by atoms with van der Waals surface area (Å²) in [5.41, 5.74) is -0.225. The predicted octanol–water partition coefficient (Wildman–Crippen LogP) is 5.51. The van der Waals surface area contributed by atoms with Crippen LogP contribution >= 0.6 is 38.9 Å². The Labute approximate surface area is 156 Å². The van der Waals surface area contributed by atoms with Gasteiger partial charge in [-0.2, -0.15) is 0 Å². The summed E-state index contributed by atoms with van der Waals surface area (Å²) in [5, 5.41) is 3.98. The van der Waals surface area contributed by atoms with Gasteiger partial charge in [-0.05, 0) is 66.2 Å². The lowest BCUT2D eigenvalue weighted by Gasteiger charge is -2.24. The van der Waals surface area contributed by atoms with Crippen LogP contribution < -0.4 is 10.1 Å². The number of amides is 1. The lowest BCUT2D eigenvalue weighted by molar-refractivity contribution is -0.128. The van der Waals surface area contributed by atoms with E-state index in [-0.39, 0.29) is 5.91 Å². The maximum atomic E-state index is 12.6. The molecule has 0 saturated carbocycles. The molecule has 0 unspecified atom stereocenters. The molecule has 0 atom stereocenters. The summed E-state index contributed by atoms with van der Waals surface area (Å²) in [5.74, 6) is 0.305. The van der Waals surface area contributed by atoms with E-state index < -0.39 is 5.60 Å². The third-order valence-electron chi connectivity index (χ3n) is 3.32. The van der Waals surface area contributed by atoms with E-state index in [4.69, 9.17) is 16.3 Å². The van der Waals surface area contributed by atoms with Gasteiger partial charge in [0.15, 0.2) is 10.7 Å². The van der Waals surface area contributed by atoms with Gasteiger partial charge in [0, 0.05) is 9.50 Å². The Morgan fingerprint density at radius 1 is 1.25 bits per heavy atom. The second-order valence-corrected chi connectivity index (χ2v) is 7.95. The number of benzene rings is 2. The highest BCUT2D eigenvalue weighted by Gasteiger charge is 2.30. The summed E-state index contributed by atoms with van der Waals surface area (Å²) in [6, 6.07) is 12.7. The molecule has 0 spiro atoms. The molecule has 1 amide bonds. The maximum absolute atomic E-state index is 12.6. The number of aromatic nitrogens is 1. The number of carbonyl (C=O) groups excluding carboxylic acids is 1. The van der Waals surface area contributed by atoms with Gasteiger partial charge in [-0.3, -0.25) is 10.1 Å². The third kappa shape index (κ3) is 3.71. The molecule has 124 valence electrons. The average Bonchev–Trinajstić information content (AvgIpc) is 2.93. The van der Waals surface area contributed by atoms with Crippen LogP contribution in [0.4, 0.5) is 5.13 Å². The molecule has 1 N–H and O–H groups in total. The molecule has 1 aromatic heterocycles.